The molecule has 3 fully saturated rings. The number of anilines is 1. The van der Waals surface area contributed by atoms with Crippen molar-refractivity contribution in [3.8, 4) is 0 Å². The van der Waals surface area contributed by atoms with Gasteiger partial charge in [0, 0.05) is 11.9 Å². The van der Waals surface area contributed by atoms with E-state index in [0.717, 1.165) is 28.1 Å². The van der Waals surface area contributed by atoms with Crippen molar-refractivity contribution in [3.63, 3.8) is 0 Å². The van der Waals surface area contributed by atoms with Gasteiger partial charge in [-0.05, 0) is 49.4 Å². The number of carbonyl (C=O) groups is 6. The number of nitrogens with two attached hydrogens (primary N) is 1. The van der Waals surface area contributed by atoms with Crippen LogP contribution in [0, 0.1) is 0 Å². The molecule has 3 aliphatic heterocycles. The van der Waals surface area contributed by atoms with Crippen LogP contribution in [0.15, 0.2) is 132 Å². The molecule has 69 heavy (non-hydrogen) atoms. The van der Waals surface area contributed by atoms with Gasteiger partial charge in [0.15, 0.2) is 23.1 Å². The number of thioether (sulfide) groups is 1. The molecule has 20 heteroatoms. The van der Waals surface area contributed by atoms with Gasteiger partial charge in [0.2, 0.25) is 16.9 Å². The van der Waals surface area contributed by atoms with Crippen molar-refractivity contribution in [2.24, 2.45) is 11.0 Å². The first-order valence-electron chi connectivity index (χ1n) is 22.1. The molecule has 0 bridgehead atoms. The summed E-state index contributed by atoms with van der Waals surface area (Å²) >= 11 is 1.95. The number of aromatic nitrogens is 1. The number of fused-ring (bicyclic) bond motifs is 1. The molecule has 0 radical (unpaired) electrons. The Morgan fingerprint density at radius 3 is 1.86 bits per heavy atom. The quantitative estimate of drug-likeness (QED) is 0.0186. The van der Waals surface area contributed by atoms with Crippen LogP contribution in [0.5, 0.6) is 0 Å². The third-order valence-corrected chi connectivity index (χ3v) is 13.7. The maximum atomic E-state index is 14.8. The van der Waals surface area contributed by atoms with Crippen LogP contribution in [0.4, 0.5) is 14.7 Å². The van der Waals surface area contributed by atoms with Gasteiger partial charge < -0.3 is 29.3 Å². The summed E-state index contributed by atoms with van der Waals surface area (Å²) in [6.07, 6.45) is -3.70. The number of amides is 5. The average Bonchev–Trinajstić information content (AvgIpc) is 4.06. The van der Waals surface area contributed by atoms with E-state index in [2.05, 4.69) is 20.8 Å². The number of thiazole rings is 1. The number of β-lactam (4-membered cyclic amide) rings is 1. The maximum absolute atomic E-state index is 14.8. The molecule has 4 heterocycles. The summed E-state index contributed by atoms with van der Waals surface area (Å²) in [6, 6.07) is 34.7. The fraction of sp³-hybridized carbons (Fsp3) is 0.306. The number of hydrazine groups is 1. The zero-order valence-electron chi connectivity index (χ0n) is 38.1. The van der Waals surface area contributed by atoms with Crippen LogP contribution in [-0.4, -0.2) is 109 Å². The first kappa shape index (κ1) is 48.2. The molecular formula is C49H50N8O10S2. The Morgan fingerprint density at radius 1 is 0.826 bits per heavy atom. The predicted molar refractivity (Wildman–Crippen MR) is 256 cm³/mol. The predicted octanol–water partition coefficient (Wildman–Crippen LogP) is 6.36. The third kappa shape index (κ3) is 10.6. The SMILES string of the molecule is CC[C@H](O/N=C(\C(=O)N[C@@H]1C(=O)N2C[C@@](C(=O)OC(c3ccccc3)c3ccccc3)(N3CCN(N)C3=O)S[C@@H]12)c1csc(NC(=O)OC(C)(C)C)n1)C(=O)OC(c1ccccc1)c1ccccc1. The molecule has 1 aromatic heterocycles. The van der Waals surface area contributed by atoms with Gasteiger partial charge in [-0.3, -0.25) is 24.8 Å². The Balaban J connectivity index is 1.06. The number of benzene rings is 4. The number of nitrogens with zero attached hydrogens (tertiary/aromatic N) is 5. The Bertz CT molecular complexity index is 2630. The summed E-state index contributed by atoms with van der Waals surface area (Å²) in [5.74, 6) is 2.99. The second-order valence-electron chi connectivity index (χ2n) is 17.2. The first-order valence-corrected chi connectivity index (χ1v) is 23.9. The fourth-order valence-corrected chi connectivity index (χ4v) is 10.3. The standard InChI is InChI=1S/C49H50N8O10S2/c1-5-35(43(60)64-38(30-18-10-6-11-19-30)31-20-12-7-13-21-31)67-54-36(34-28-68-45(51-34)53-46(62)66-48(2,3)4)40(58)52-37-41(59)55-29-49(69-42(37)55,56-26-27-57(50)47(56)63)44(61)65-39(32-22-14-8-15-23-32)33-24-16-9-17-25-33/h6-25,28,35,37-39,42H,5,26-27,29,50H2,1-4H3,(H,52,58)(H,51,53,62)/b54-36-/t35-,37+,42-,49+/m0/s1. The average molecular weight is 975 g/mol. The van der Waals surface area contributed by atoms with E-state index in [9.17, 15) is 28.8 Å². The monoisotopic (exact) mass is 974 g/mol. The maximum Gasteiger partial charge on any atom is 0.413 e. The van der Waals surface area contributed by atoms with Crippen molar-refractivity contribution in [1.29, 1.82) is 0 Å². The minimum Gasteiger partial charge on any atom is -0.450 e. The number of hydrogen-bond acceptors (Lipinski definition) is 15. The molecule has 4 N–H and O–H groups in total. The van der Waals surface area contributed by atoms with Crippen molar-refractivity contribution in [1.82, 2.24) is 25.1 Å². The molecule has 0 unspecified atom stereocenters. The van der Waals surface area contributed by atoms with Crippen LogP contribution in [0.1, 0.15) is 74.3 Å². The molecule has 4 atom stereocenters. The number of esters is 2. The van der Waals surface area contributed by atoms with Gasteiger partial charge in [-0.25, -0.2) is 30.0 Å². The van der Waals surface area contributed by atoms with Crippen LogP contribution in [0.25, 0.3) is 0 Å². The number of urea groups is 1. The summed E-state index contributed by atoms with van der Waals surface area (Å²) in [6.45, 7) is 6.68. The molecule has 0 aliphatic carbocycles. The smallest absolute Gasteiger partial charge is 0.413 e. The van der Waals surface area contributed by atoms with E-state index in [1.54, 1.807) is 27.7 Å². The van der Waals surface area contributed by atoms with Crippen LogP contribution >= 0.6 is 23.1 Å². The number of ether oxygens (including phenoxy) is 3. The summed E-state index contributed by atoms with van der Waals surface area (Å²) < 4.78 is 17.7. The number of carbonyl (C=O) groups excluding carboxylic acids is 6. The third-order valence-electron chi connectivity index (χ3n) is 11.3. The van der Waals surface area contributed by atoms with E-state index in [0.29, 0.717) is 22.3 Å². The van der Waals surface area contributed by atoms with Crippen molar-refractivity contribution in [3.05, 3.63) is 155 Å². The number of nitrogens with one attached hydrogen (secondary N) is 2. The van der Waals surface area contributed by atoms with Crippen LogP contribution < -0.4 is 16.5 Å². The molecule has 3 aliphatic rings. The van der Waals surface area contributed by atoms with E-state index in [1.165, 1.54) is 15.2 Å². The van der Waals surface area contributed by atoms with E-state index < -0.39 is 81.8 Å². The minimum atomic E-state index is -1.77. The Kier molecular flexibility index (Phi) is 14.3. The lowest BCUT2D eigenvalue weighted by Gasteiger charge is -2.41. The molecule has 0 spiro atoms. The zero-order valence-corrected chi connectivity index (χ0v) is 39.7. The minimum absolute atomic E-state index is 0.0499. The number of rotatable bonds is 16. The van der Waals surface area contributed by atoms with Crippen molar-refractivity contribution in [2.75, 3.05) is 25.0 Å². The van der Waals surface area contributed by atoms with Gasteiger partial charge in [0.1, 0.15) is 22.7 Å². The van der Waals surface area contributed by atoms with Crippen molar-refractivity contribution < 1.29 is 47.8 Å². The summed E-state index contributed by atoms with van der Waals surface area (Å²) in [4.78, 5) is 94.6. The second-order valence-corrected chi connectivity index (χ2v) is 19.4. The van der Waals surface area contributed by atoms with E-state index in [1.807, 2.05) is 121 Å². The summed E-state index contributed by atoms with van der Waals surface area (Å²) in [5, 5.41) is 11.0. The molecule has 5 amide bonds. The highest BCUT2D eigenvalue weighted by Crippen LogP contribution is 2.51. The highest BCUT2D eigenvalue weighted by Gasteiger charge is 2.67. The van der Waals surface area contributed by atoms with Crippen molar-refractivity contribution >= 4 is 69.8 Å². The molecule has 8 rings (SSSR count). The number of oxime groups is 1. The normalized spacial score (nSPS) is 19.5. The molecule has 3 saturated heterocycles. The van der Waals surface area contributed by atoms with E-state index in [-0.39, 0.29) is 36.9 Å². The van der Waals surface area contributed by atoms with Gasteiger partial charge in [0.05, 0.1) is 13.1 Å². The van der Waals surface area contributed by atoms with E-state index >= 15 is 0 Å². The highest BCUT2D eigenvalue weighted by molar-refractivity contribution is 8.02. The van der Waals surface area contributed by atoms with E-state index in [4.69, 9.17) is 24.9 Å². The van der Waals surface area contributed by atoms with Crippen molar-refractivity contribution in [2.45, 2.75) is 74.3 Å². The molecule has 0 saturated carbocycles. The molecular weight excluding hydrogens is 925 g/mol. The molecule has 358 valence electrons. The summed E-state index contributed by atoms with van der Waals surface area (Å²) in [7, 11) is 0. The second kappa shape index (κ2) is 20.5. The molecule has 5 aromatic rings. The van der Waals surface area contributed by atoms with Crippen LogP contribution in [0.2, 0.25) is 0 Å². The summed E-state index contributed by atoms with van der Waals surface area (Å²) in [5.41, 5.74) is 1.45. The lowest BCUT2D eigenvalue weighted by molar-refractivity contribution is -0.161. The highest BCUT2D eigenvalue weighted by atomic mass is 32.2. The van der Waals surface area contributed by atoms with Crippen LogP contribution in [0.3, 0.4) is 0 Å². The first-order chi connectivity index (χ1) is 33.2. The topological polar surface area (TPSA) is 224 Å². The Morgan fingerprint density at radius 2 is 1.36 bits per heavy atom. The Hall–Kier alpha value is -7.29. The largest absolute Gasteiger partial charge is 0.450 e. The van der Waals surface area contributed by atoms with Gasteiger partial charge in [-0.2, -0.15) is 0 Å². The van der Waals surface area contributed by atoms with Gasteiger partial charge in [0.25, 0.3) is 5.91 Å². The lowest BCUT2D eigenvalue weighted by Crippen LogP contribution is -2.68. The van der Waals surface area contributed by atoms with Crippen LogP contribution in [-0.2, 0) is 38.2 Å². The lowest BCUT2D eigenvalue weighted by atomic mass is 10.0. The molecule has 4 aromatic carbocycles. The van der Waals surface area contributed by atoms with Gasteiger partial charge >= 0.3 is 24.1 Å². The number of hydrogen-bond donors (Lipinski definition) is 3. The van der Waals surface area contributed by atoms with Gasteiger partial charge in [-0.15, -0.1) is 11.3 Å². The zero-order chi connectivity index (χ0) is 48.9. The molecule has 18 nitrogen and oxygen atoms in total. The van der Waals surface area contributed by atoms with Gasteiger partial charge in [-0.1, -0.05) is 145 Å². The fourth-order valence-electron chi connectivity index (χ4n) is 7.89. The Labute approximate surface area is 406 Å².